The molecule has 84 valence electrons. The summed E-state index contributed by atoms with van der Waals surface area (Å²) in [4.78, 5) is 11.3. The van der Waals surface area contributed by atoms with Gasteiger partial charge < -0.3 is 10.1 Å². The Morgan fingerprint density at radius 3 is 2.57 bits per heavy atom. The van der Waals surface area contributed by atoms with Gasteiger partial charge in [-0.05, 0) is 26.7 Å². The summed E-state index contributed by atoms with van der Waals surface area (Å²) in [5.74, 6) is -0.0218. The maximum Gasteiger partial charge on any atom is 0.246 e. The first-order valence-electron chi connectivity index (χ1n) is 5.07. The summed E-state index contributed by atoms with van der Waals surface area (Å²) in [6.45, 7) is 6.07. The van der Waals surface area contributed by atoms with E-state index in [0.29, 0.717) is 0 Å². The standard InChI is InChI=1S/C10H20BrNO2/c1-4-9(5-6-11)12-10(13)7-14-8(2)3/h8-9H,4-7H2,1-3H3,(H,12,13). The maximum absolute atomic E-state index is 11.3. The number of carbonyl (C=O) groups is 1. The number of hydrogen-bond acceptors (Lipinski definition) is 2. The number of carbonyl (C=O) groups excluding carboxylic acids is 1. The van der Waals surface area contributed by atoms with Crippen LogP contribution in [0.25, 0.3) is 0 Å². The van der Waals surface area contributed by atoms with Gasteiger partial charge in [-0.1, -0.05) is 22.9 Å². The molecule has 0 bridgehead atoms. The summed E-state index contributed by atoms with van der Waals surface area (Å²) >= 11 is 3.36. The van der Waals surface area contributed by atoms with Gasteiger partial charge >= 0.3 is 0 Å². The highest BCUT2D eigenvalue weighted by Crippen LogP contribution is 2.00. The van der Waals surface area contributed by atoms with Crippen LogP contribution in [0.3, 0.4) is 0 Å². The third-order valence-corrected chi connectivity index (χ3v) is 2.32. The van der Waals surface area contributed by atoms with Crippen molar-refractivity contribution in [3.05, 3.63) is 0 Å². The van der Waals surface area contributed by atoms with Crippen molar-refractivity contribution in [1.29, 1.82) is 0 Å². The number of alkyl halides is 1. The highest BCUT2D eigenvalue weighted by atomic mass is 79.9. The number of nitrogens with one attached hydrogen (secondary N) is 1. The van der Waals surface area contributed by atoms with Crippen LogP contribution in [0.1, 0.15) is 33.6 Å². The third kappa shape index (κ3) is 7.33. The molecule has 0 aliphatic heterocycles. The minimum absolute atomic E-state index is 0.0218. The second kappa shape index (κ2) is 8.24. The van der Waals surface area contributed by atoms with Gasteiger partial charge in [0.1, 0.15) is 6.61 Å². The van der Waals surface area contributed by atoms with Crippen LogP contribution in [-0.4, -0.2) is 30.0 Å². The van der Waals surface area contributed by atoms with Crippen LogP contribution >= 0.6 is 15.9 Å². The lowest BCUT2D eigenvalue weighted by Gasteiger charge is -2.16. The average Bonchev–Trinajstić information content (AvgIpc) is 2.14. The van der Waals surface area contributed by atoms with Gasteiger partial charge in [0.05, 0.1) is 6.10 Å². The van der Waals surface area contributed by atoms with Crippen LogP contribution in [0.2, 0.25) is 0 Å². The predicted molar refractivity (Wildman–Crippen MR) is 61.7 cm³/mol. The zero-order valence-corrected chi connectivity index (χ0v) is 10.8. The fourth-order valence-corrected chi connectivity index (χ4v) is 1.57. The summed E-state index contributed by atoms with van der Waals surface area (Å²) in [5, 5.41) is 3.84. The molecule has 0 aromatic rings. The molecule has 1 N–H and O–H groups in total. The fraction of sp³-hybridized carbons (Fsp3) is 0.900. The summed E-state index contributed by atoms with van der Waals surface area (Å²) in [7, 11) is 0. The van der Waals surface area contributed by atoms with Gasteiger partial charge in [-0.25, -0.2) is 0 Å². The first-order valence-corrected chi connectivity index (χ1v) is 6.19. The molecule has 0 aliphatic carbocycles. The van der Waals surface area contributed by atoms with Crippen LogP contribution in [-0.2, 0) is 9.53 Å². The lowest BCUT2D eigenvalue weighted by Crippen LogP contribution is -2.37. The molecular formula is C10H20BrNO2. The molecule has 0 saturated heterocycles. The number of halogens is 1. The zero-order chi connectivity index (χ0) is 11.0. The van der Waals surface area contributed by atoms with Gasteiger partial charge in [0.25, 0.3) is 0 Å². The molecular weight excluding hydrogens is 246 g/mol. The van der Waals surface area contributed by atoms with E-state index >= 15 is 0 Å². The molecule has 0 aromatic heterocycles. The van der Waals surface area contributed by atoms with E-state index in [9.17, 15) is 4.79 Å². The maximum atomic E-state index is 11.3. The van der Waals surface area contributed by atoms with E-state index in [-0.39, 0.29) is 24.7 Å². The first kappa shape index (κ1) is 13.9. The number of ether oxygens (including phenoxy) is 1. The fourth-order valence-electron chi connectivity index (χ4n) is 1.02. The van der Waals surface area contributed by atoms with E-state index in [1.807, 2.05) is 13.8 Å². The van der Waals surface area contributed by atoms with Gasteiger partial charge in [-0.2, -0.15) is 0 Å². The molecule has 3 nitrogen and oxygen atoms in total. The van der Waals surface area contributed by atoms with E-state index in [0.717, 1.165) is 18.2 Å². The molecule has 0 aliphatic rings. The Bertz CT molecular complexity index is 162. The lowest BCUT2D eigenvalue weighted by atomic mass is 10.2. The molecule has 1 atom stereocenters. The quantitative estimate of drug-likeness (QED) is 0.716. The van der Waals surface area contributed by atoms with E-state index in [4.69, 9.17) is 4.74 Å². The minimum atomic E-state index is -0.0218. The normalized spacial score (nSPS) is 12.9. The van der Waals surface area contributed by atoms with Gasteiger partial charge in [0, 0.05) is 11.4 Å². The van der Waals surface area contributed by atoms with Gasteiger partial charge in [0.2, 0.25) is 5.91 Å². The molecule has 14 heavy (non-hydrogen) atoms. The smallest absolute Gasteiger partial charge is 0.246 e. The molecule has 0 saturated carbocycles. The second-order valence-electron chi connectivity index (χ2n) is 3.51. The van der Waals surface area contributed by atoms with E-state index in [2.05, 4.69) is 28.2 Å². The second-order valence-corrected chi connectivity index (χ2v) is 4.30. The third-order valence-electron chi connectivity index (χ3n) is 1.86. The molecule has 0 fully saturated rings. The first-order chi connectivity index (χ1) is 6.60. The van der Waals surface area contributed by atoms with Gasteiger partial charge in [-0.3, -0.25) is 4.79 Å². The van der Waals surface area contributed by atoms with Crippen molar-refractivity contribution in [3.63, 3.8) is 0 Å². The molecule has 0 rings (SSSR count). The Hall–Kier alpha value is -0.0900. The summed E-state index contributed by atoms with van der Waals surface area (Å²) in [5.41, 5.74) is 0. The van der Waals surface area contributed by atoms with Crippen LogP contribution in [0.4, 0.5) is 0 Å². The predicted octanol–water partition coefficient (Wildman–Crippen LogP) is 2.09. The van der Waals surface area contributed by atoms with Crippen molar-refractivity contribution in [3.8, 4) is 0 Å². The largest absolute Gasteiger partial charge is 0.369 e. The summed E-state index contributed by atoms with van der Waals surface area (Å²) in [6, 6.07) is 0.262. The Morgan fingerprint density at radius 1 is 1.50 bits per heavy atom. The van der Waals surface area contributed by atoms with Gasteiger partial charge in [0.15, 0.2) is 0 Å². The molecule has 1 amide bonds. The molecule has 0 heterocycles. The van der Waals surface area contributed by atoms with Crippen LogP contribution in [0.5, 0.6) is 0 Å². The van der Waals surface area contributed by atoms with Crippen molar-refractivity contribution in [2.45, 2.75) is 45.8 Å². The van der Waals surface area contributed by atoms with E-state index in [1.54, 1.807) is 0 Å². The molecule has 0 spiro atoms. The zero-order valence-electron chi connectivity index (χ0n) is 9.18. The van der Waals surface area contributed by atoms with Gasteiger partial charge in [-0.15, -0.1) is 0 Å². The van der Waals surface area contributed by atoms with Crippen molar-refractivity contribution in [2.24, 2.45) is 0 Å². The van der Waals surface area contributed by atoms with Crippen molar-refractivity contribution < 1.29 is 9.53 Å². The average molecular weight is 266 g/mol. The summed E-state index contributed by atoms with van der Waals surface area (Å²) in [6.07, 6.45) is 2.03. The highest BCUT2D eigenvalue weighted by molar-refractivity contribution is 9.09. The van der Waals surface area contributed by atoms with Crippen LogP contribution < -0.4 is 5.32 Å². The lowest BCUT2D eigenvalue weighted by molar-refractivity contribution is -0.127. The van der Waals surface area contributed by atoms with Crippen molar-refractivity contribution in [1.82, 2.24) is 5.32 Å². The van der Waals surface area contributed by atoms with Crippen LogP contribution in [0, 0.1) is 0 Å². The van der Waals surface area contributed by atoms with Crippen molar-refractivity contribution in [2.75, 3.05) is 11.9 Å². The Balaban J connectivity index is 3.67. The Morgan fingerprint density at radius 2 is 2.14 bits per heavy atom. The Labute approximate surface area is 94.7 Å². The topological polar surface area (TPSA) is 38.3 Å². The number of rotatable bonds is 7. The van der Waals surface area contributed by atoms with Crippen LogP contribution in [0.15, 0.2) is 0 Å². The summed E-state index contributed by atoms with van der Waals surface area (Å²) < 4.78 is 5.20. The highest BCUT2D eigenvalue weighted by Gasteiger charge is 2.09. The van der Waals surface area contributed by atoms with E-state index in [1.165, 1.54) is 0 Å². The molecule has 0 aromatic carbocycles. The number of amides is 1. The molecule has 0 radical (unpaired) electrons. The van der Waals surface area contributed by atoms with Crippen molar-refractivity contribution >= 4 is 21.8 Å². The monoisotopic (exact) mass is 265 g/mol. The Kier molecular flexibility index (Phi) is 8.18. The number of hydrogen-bond donors (Lipinski definition) is 1. The minimum Gasteiger partial charge on any atom is -0.369 e. The van der Waals surface area contributed by atoms with E-state index < -0.39 is 0 Å². The SMILES string of the molecule is CCC(CCBr)NC(=O)COC(C)C. The molecule has 4 heteroatoms. The molecule has 1 unspecified atom stereocenters.